The number of carbonyl (C=O) groups is 1. The van der Waals surface area contributed by atoms with Gasteiger partial charge in [-0.25, -0.2) is 14.8 Å². The standard InChI is InChI=1S/C13H10N4O2S/c1-6-3-4-7(9(19-2)10(6)20)11-15-8-5-14-13(18)17-12(8)16-11/h3-5,20H,1-2H3. The Morgan fingerprint density at radius 3 is 2.70 bits per heavy atom. The molecule has 1 aromatic carbocycles. The molecule has 7 heteroatoms. The summed E-state index contributed by atoms with van der Waals surface area (Å²) in [6, 6.07) is 3.19. The van der Waals surface area contributed by atoms with Crippen LogP contribution in [-0.4, -0.2) is 36.7 Å². The molecule has 0 aromatic heterocycles. The number of methoxy groups -OCH3 is 1. The Morgan fingerprint density at radius 1 is 1.15 bits per heavy atom. The second-order valence-electron chi connectivity index (χ2n) is 4.22. The van der Waals surface area contributed by atoms with Crippen LogP contribution in [0.5, 0.6) is 5.75 Å². The third kappa shape index (κ3) is 1.96. The molecular formula is C13H10N4O2S. The van der Waals surface area contributed by atoms with Crippen LogP contribution in [0, 0.1) is 6.92 Å². The third-order valence-electron chi connectivity index (χ3n) is 2.94. The van der Waals surface area contributed by atoms with Crippen LogP contribution in [-0.2, 0) is 0 Å². The normalized spacial score (nSPS) is 16.6. The van der Waals surface area contributed by atoms with Crippen LogP contribution in [0.3, 0.4) is 0 Å². The minimum Gasteiger partial charge on any atom is -0.495 e. The highest BCUT2D eigenvalue weighted by Crippen LogP contribution is 2.31. The lowest BCUT2D eigenvalue weighted by atomic mass is 10.1. The number of fused-ring (bicyclic) bond motifs is 1. The second-order valence-corrected chi connectivity index (χ2v) is 4.67. The smallest absolute Gasteiger partial charge is 0.369 e. The second kappa shape index (κ2) is 4.68. The SMILES string of the molecule is COc1c(C2=NC3=NC(=O)N=CC3=N2)ccc(C)c1S. The number of benzene rings is 1. The summed E-state index contributed by atoms with van der Waals surface area (Å²) in [5.41, 5.74) is 2.17. The van der Waals surface area contributed by atoms with E-state index in [0.29, 0.717) is 22.9 Å². The summed E-state index contributed by atoms with van der Waals surface area (Å²) < 4.78 is 5.38. The zero-order chi connectivity index (χ0) is 14.3. The van der Waals surface area contributed by atoms with Gasteiger partial charge in [0, 0.05) is 4.90 Å². The van der Waals surface area contributed by atoms with Gasteiger partial charge in [0.1, 0.15) is 11.5 Å². The number of aliphatic imine (C=N–C) groups is 4. The fraction of sp³-hybridized carbons (Fsp3) is 0.154. The van der Waals surface area contributed by atoms with E-state index < -0.39 is 6.03 Å². The van der Waals surface area contributed by atoms with Crippen LogP contribution < -0.4 is 4.74 Å². The number of nitrogens with zero attached hydrogens (tertiary/aromatic N) is 4. The maximum absolute atomic E-state index is 11.1. The van der Waals surface area contributed by atoms with Crippen molar-refractivity contribution < 1.29 is 9.53 Å². The number of amidine groups is 2. The Morgan fingerprint density at radius 2 is 1.95 bits per heavy atom. The number of hydrogen-bond acceptors (Lipinski definition) is 5. The fourth-order valence-corrected chi connectivity index (χ4v) is 2.21. The van der Waals surface area contributed by atoms with E-state index in [1.54, 1.807) is 7.11 Å². The summed E-state index contributed by atoms with van der Waals surface area (Å²) in [4.78, 5) is 27.7. The average Bonchev–Trinajstić information content (AvgIpc) is 2.84. The van der Waals surface area contributed by atoms with Crippen molar-refractivity contribution in [2.24, 2.45) is 20.0 Å². The van der Waals surface area contributed by atoms with Gasteiger partial charge in [0.25, 0.3) is 0 Å². The number of ether oxygens (including phenoxy) is 1. The highest BCUT2D eigenvalue weighted by Gasteiger charge is 2.24. The fourth-order valence-electron chi connectivity index (χ4n) is 1.92. The van der Waals surface area contributed by atoms with E-state index in [9.17, 15) is 4.79 Å². The van der Waals surface area contributed by atoms with Gasteiger partial charge in [-0.2, -0.15) is 9.98 Å². The van der Waals surface area contributed by atoms with Crippen molar-refractivity contribution in [3.8, 4) is 5.75 Å². The molecule has 0 unspecified atom stereocenters. The van der Waals surface area contributed by atoms with Crippen molar-refractivity contribution in [1.82, 2.24) is 0 Å². The van der Waals surface area contributed by atoms with Crippen LogP contribution in [0.15, 0.2) is 37.0 Å². The molecule has 2 amide bonds. The van der Waals surface area contributed by atoms with E-state index in [0.717, 1.165) is 10.5 Å². The van der Waals surface area contributed by atoms with Crippen molar-refractivity contribution in [3.63, 3.8) is 0 Å². The van der Waals surface area contributed by atoms with E-state index in [2.05, 4.69) is 32.6 Å². The molecule has 6 nitrogen and oxygen atoms in total. The van der Waals surface area contributed by atoms with Crippen molar-refractivity contribution in [1.29, 1.82) is 0 Å². The molecule has 0 bridgehead atoms. The van der Waals surface area contributed by atoms with Crippen LogP contribution in [0.1, 0.15) is 11.1 Å². The van der Waals surface area contributed by atoms with Gasteiger partial charge in [0.05, 0.1) is 18.9 Å². The number of rotatable bonds is 2. The number of carbonyl (C=O) groups excluding carboxylic acids is 1. The van der Waals surface area contributed by atoms with E-state index in [4.69, 9.17) is 4.74 Å². The number of thiol groups is 1. The minimum atomic E-state index is -0.574. The molecule has 1 aromatic rings. The molecule has 0 N–H and O–H groups in total. The highest BCUT2D eigenvalue weighted by molar-refractivity contribution is 7.80. The lowest BCUT2D eigenvalue weighted by Gasteiger charge is -2.11. The van der Waals surface area contributed by atoms with Crippen molar-refractivity contribution in [3.05, 3.63) is 23.3 Å². The monoisotopic (exact) mass is 286 g/mol. The predicted molar refractivity (Wildman–Crippen MR) is 80.3 cm³/mol. The molecular weight excluding hydrogens is 276 g/mol. The zero-order valence-corrected chi connectivity index (χ0v) is 11.7. The molecule has 2 heterocycles. The van der Waals surface area contributed by atoms with Gasteiger partial charge in [-0.3, -0.25) is 0 Å². The minimum absolute atomic E-state index is 0.281. The summed E-state index contributed by atoms with van der Waals surface area (Å²) >= 11 is 4.43. The van der Waals surface area contributed by atoms with Crippen molar-refractivity contribution in [2.75, 3.05) is 7.11 Å². The first-order chi connectivity index (χ1) is 9.60. The molecule has 0 radical (unpaired) electrons. The van der Waals surface area contributed by atoms with E-state index in [-0.39, 0.29) is 5.84 Å². The summed E-state index contributed by atoms with van der Waals surface area (Å²) in [7, 11) is 1.57. The number of urea groups is 1. The Hall–Kier alpha value is -2.28. The van der Waals surface area contributed by atoms with Gasteiger partial charge in [0.2, 0.25) is 0 Å². The lowest BCUT2D eigenvalue weighted by Crippen LogP contribution is -2.16. The molecule has 0 atom stereocenters. The van der Waals surface area contributed by atoms with E-state index in [1.165, 1.54) is 6.21 Å². The summed E-state index contributed by atoms with van der Waals surface area (Å²) in [5, 5.41) is 0. The number of aryl methyl sites for hydroxylation is 1. The first kappa shape index (κ1) is 12.7. The molecule has 0 fully saturated rings. The van der Waals surface area contributed by atoms with Gasteiger partial charge >= 0.3 is 6.03 Å². The van der Waals surface area contributed by atoms with E-state index in [1.807, 2.05) is 19.1 Å². The van der Waals surface area contributed by atoms with Crippen LogP contribution in [0.4, 0.5) is 4.79 Å². The molecule has 0 aliphatic carbocycles. The van der Waals surface area contributed by atoms with Crippen molar-refractivity contribution >= 4 is 42.3 Å². The topological polar surface area (TPSA) is 75.7 Å². The first-order valence-electron chi connectivity index (χ1n) is 5.81. The van der Waals surface area contributed by atoms with Crippen LogP contribution >= 0.6 is 12.6 Å². The molecule has 0 spiro atoms. The molecule has 100 valence electrons. The van der Waals surface area contributed by atoms with Gasteiger partial charge < -0.3 is 4.74 Å². The van der Waals surface area contributed by atoms with E-state index >= 15 is 0 Å². The number of hydrogen-bond donors (Lipinski definition) is 1. The van der Waals surface area contributed by atoms with Gasteiger partial charge in [-0.05, 0) is 18.6 Å². The Labute approximate surface area is 120 Å². The summed E-state index contributed by atoms with van der Waals surface area (Å²) in [6.07, 6.45) is 1.36. The molecule has 3 rings (SSSR count). The highest BCUT2D eigenvalue weighted by atomic mass is 32.1. The van der Waals surface area contributed by atoms with Gasteiger partial charge in [-0.15, -0.1) is 12.6 Å². The maximum Gasteiger partial charge on any atom is 0.369 e. The largest absolute Gasteiger partial charge is 0.495 e. The quantitative estimate of drug-likeness (QED) is 0.845. The Balaban J connectivity index is 2.13. The van der Waals surface area contributed by atoms with Gasteiger partial charge in [-0.1, -0.05) is 6.07 Å². The molecule has 0 saturated heterocycles. The Kier molecular flexibility index (Phi) is 2.98. The Bertz CT molecular complexity index is 747. The predicted octanol–water partition coefficient (Wildman–Crippen LogP) is 2.10. The van der Waals surface area contributed by atoms with Crippen molar-refractivity contribution in [2.45, 2.75) is 11.8 Å². The summed E-state index contributed by atoms with van der Waals surface area (Å²) in [5.74, 6) is 1.31. The maximum atomic E-state index is 11.1. The summed E-state index contributed by atoms with van der Waals surface area (Å²) in [6.45, 7) is 1.94. The first-order valence-corrected chi connectivity index (χ1v) is 6.26. The molecule has 2 aliphatic heterocycles. The van der Waals surface area contributed by atoms with Gasteiger partial charge in [0.15, 0.2) is 11.7 Å². The zero-order valence-electron chi connectivity index (χ0n) is 10.8. The molecule has 2 aliphatic rings. The molecule has 20 heavy (non-hydrogen) atoms. The number of amides is 2. The van der Waals surface area contributed by atoms with Crippen LogP contribution in [0.2, 0.25) is 0 Å². The lowest BCUT2D eigenvalue weighted by molar-refractivity contribution is 0.257. The molecule has 0 saturated carbocycles. The van der Waals surface area contributed by atoms with Crippen LogP contribution in [0.25, 0.3) is 0 Å². The third-order valence-corrected chi connectivity index (χ3v) is 3.50. The average molecular weight is 286 g/mol.